The maximum atomic E-state index is 13.9. The molecule has 1 saturated heterocycles. The lowest BCUT2D eigenvalue weighted by Crippen LogP contribution is -2.57. The van der Waals surface area contributed by atoms with Crippen LogP contribution in [0.3, 0.4) is 0 Å². The predicted molar refractivity (Wildman–Crippen MR) is 88.1 cm³/mol. The maximum Gasteiger partial charge on any atom is 0.254 e. The molecule has 25 heavy (non-hydrogen) atoms. The summed E-state index contributed by atoms with van der Waals surface area (Å²) in [6.45, 7) is 0.971. The van der Waals surface area contributed by atoms with Crippen molar-refractivity contribution < 1.29 is 28.2 Å². The van der Waals surface area contributed by atoms with Gasteiger partial charge in [0.2, 0.25) is 5.91 Å². The molecular weight excluding hydrogens is 331 g/mol. The van der Waals surface area contributed by atoms with E-state index in [4.69, 9.17) is 14.2 Å². The normalized spacial score (nSPS) is 20.2. The lowest BCUT2D eigenvalue weighted by molar-refractivity contribution is -0.150. The zero-order valence-electron chi connectivity index (χ0n) is 14.6. The Kier molecular flexibility index (Phi) is 6.33. The van der Waals surface area contributed by atoms with Gasteiger partial charge in [0, 0.05) is 26.3 Å². The summed E-state index contributed by atoms with van der Waals surface area (Å²) in [6.07, 6.45) is 0.0676. The molecule has 0 spiro atoms. The van der Waals surface area contributed by atoms with E-state index in [2.05, 4.69) is 5.32 Å². The Labute approximate surface area is 146 Å². The fourth-order valence-corrected chi connectivity index (χ4v) is 2.89. The third-order valence-electron chi connectivity index (χ3n) is 4.10. The Morgan fingerprint density at radius 3 is 2.76 bits per heavy atom. The highest BCUT2D eigenvalue weighted by molar-refractivity contribution is 5.94. The molecule has 0 bridgehead atoms. The van der Waals surface area contributed by atoms with E-state index in [-0.39, 0.29) is 49.3 Å². The molecule has 1 N–H and O–H groups in total. The van der Waals surface area contributed by atoms with Crippen LogP contribution in [0.5, 0.6) is 5.75 Å². The summed E-state index contributed by atoms with van der Waals surface area (Å²) in [7, 11) is 4.41. The average molecular weight is 354 g/mol. The van der Waals surface area contributed by atoms with Crippen LogP contribution in [0.15, 0.2) is 18.2 Å². The number of hydrogen-bond donors (Lipinski definition) is 1. The number of halogens is 1. The molecule has 0 radical (unpaired) electrons. The van der Waals surface area contributed by atoms with Crippen molar-refractivity contribution >= 4 is 11.8 Å². The molecule has 1 unspecified atom stereocenters. The van der Waals surface area contributed by atoms with Crippen molar-refractivity contribution in [2.75, 3.05) is 47.6 Å². The minimum atomic E-state index is -0.923. The van der Waals surface area contributed by atoms with E-state index in [1.165, 1.54) is 33.4 Å². The van der Waals surface area contributed by atoms with Crippen LogP contribution in [-0.4, -0.2) is 69.9 Å². The quantitative estimate of drug-likeness (QED) is 0.819. The molecule has 7 nitrogen and oxygen atoms in total. The number of methoxy groups -OCH3 is 2. The number of carbonyl (C=O) groups is 2. The third-order valence-corrected chi connectivity index (χ3v) is 4.10. The third kappa shape index (κ3) is 4.46. The van der Waals surface area contributed by atoms with Crippen LogP contribution in [0.4, 0.5) is 4.39 Å². The van der Waals surface area contributed by atoms with Crippen molar-refractivity contribution in [3.8, 4) is 5.75 Å². The molecule has 138 valence electrons. The summed E-state index contributed by atoms with van der Waals surface area (Å²) in [5.74, 6) is -1.06. The van der Waals surface area contributed by atoms with Gasteiger partial charge in [-0.1, -0.05) is 0 Å². The highest BCUT2D eigenvalue weighted by Crippen LogP contribution is 2.25. The van der Waals surface area contributed by atoms with Gasteiger partial charge in [0.15, 0.2) is 11.6 Å². The van der Waals surface area contributed by atoms with Gasteiger partial charge in [0.25, 0.3) is 5.91 Å². The van der Waals surface area contributed by atoms with Gasteiger partial charge in [-0.25, -0.2) is 4.39 Å². The molecule has 1 aliphatic rings. The first-order valence-corrected chi connectivity index (χ1v) is 7.91. The fourth-order valence-electron chi connectivity index (χ4n) is 2.89. The topological polar surface area (TPSA) is 77.1 Å². The Balaban J connectivity index is 2.19. The van der Waals surface area contributed by atoms with Gasteiger partial charge < -0.3 is 24.4 Å². The molecule has 8 heteroatoms. The van der Waals surface area contributed by atoms with Crippen molar-refractivity contribution in [2.24, 2.45) is 0 Å². The number of nitrogens with zero attached hydrogens (tertiary/aromatic N) is 1. The summed E-state index contributed by atoms with van der Waals surface area (Å²) in [4.78, 5) is 26.1. The Morgan fingerprint density at radius 1 is 1.40 bits per heavy atom. The molecule has 1 aliphatic heterocycles. The highest BCUT2D eigenvalue weighted by atomic mass is 19.1. The van der Waals surface area contributed by atoms with Crippen LogP contribution in [0.1, 0.15) is 16.8 Å². The van der Waals surface area contributed by atoms with Crippen molar-refractivity contribution in [3.63, 3.8) is 0 Å². The van der Waals surface area contributed by atoms with Crippen LogP contribution >= 0.6 is 0 Å². The van der Waals surface area contributed by atoms with E-state index in [1.807, 2.05) is 0 Å². The Morgan fingerprint density at radius 2 is 2.16 bits per heavy atom. The van der Waals surface area contributed by atoms with Crippen molar-refractivity contribution in [1.82, 2.24) is 10.2 Å². The number of rotatable bonds is 6. The lowest BCUT2D eigenvalue weighted by Gasteiger charge is -2.42. The Hall–Kier alpha value is -2.19. The first-order chi connectivity index (χ1) is 11.9. The molecule has 0 aliphatic carbocycles. The minimum absolute atomic E-state index is 0.0676. The number of carbonyl (C=O) groups excluding carboxylic acids is 2. The number of ether oxygens (including phenoxy) is 3. The van der Waals surface area contributed by atoms with Gasteiger partial charge >= 0.3 is 0 Å². The number of hydrogen-bond acceptors (Lipinski definition) is 5. The number of nitrogens with one attached hydrogen (secondary N) is 1. The zero-order chi connectivity index (χ0) is 18.4. The van der Waals surface area contributed by atoms with E-state index in [0.717, 1.165) is 6.07 Å². The molecule has 1 aromatic carbocycles. The van der Waals surface area contributed by atoms with E-state index >= 15 is 0 Å². The number of amides is 2. The lowest BCUT2D eigenvalue weighted by atomic mass is 9.97. The van der Waals surface area contributed by atoms with Crippen molar-refractivity contribution in [1.29, 1.82) is 0 Å². The molecule has 1 heterocycles. The van der Waals surface area contributed by atoms with Gasteiger partial charge in [-0.3, -0.25) is 9.59 Å². The van der Waals surface area contributed by atoms with Gasteiger partial charge in [-0.2, -0.15) is 0 Å². The number of benzene rings is 1. The van der Waals surface area contributed by atoms with E-state index in [1.54, 1.807) is 4.90 Å². The second-order valence-corrected chi connectivity index (χ2v) is 5.89. The Bertz CT molecular complexity index is 635. The van der Waals surface area contributed by atoms with Crippen LogP contribution in [0.2, 0.25) is 0 Å². The SMILES string of the molecule is CNC(=O)CC1(COC)CN(C(=O)c2ccc(OC)c(F)c2)CCO1. The highest BCUT2D eigenvalue weighted by Gasteiger charge is 2.40. The van der Waals surface area contributed by atoms with Gasteiger partial charge in [-0.05, 0) is 18.2 Å². The van der Waals surface area contributed by atoms with E-state index in [0.29, 0.717) is 6.54 Å². The predicted octanol–water partition coefficient (Wildman–Crippen LogP) is 0.828. The second kappa shape index (κ2) is 8.26. The largest absolute Gasteiger partial charge is 0.494 e. The summed E-state index contributed by atoms with van der Waals surface area (Å²) >= 11 is 0. The molecule has 2 amide bonds. The smallest absolute Gasteiger partial charge is 0.254 e. The molecule has 1 aromatic rings. The zero-order valence-corrected chi connectivity index (χ0v) is 14.6. The molecule has 0 saturated carbocycles. The first-order valence-electron chi connectivity index (χ1n) is 7.91. The molecular formula is C17H23FN2O5. The summed E-state index contributed by atoms with van der Waals surface area (Å²) in [6, 6.07) is 4.07. The molecule has 1 atom stereocenters. The first kappa shape index (κ1) is 19.1. The molecule has 1 fully saturated rings. The minimum Gasteiger partial charge on any atom is -0.494 e. The van der Waals surface area contributed by atoms with Gasteiger partial charge in [0.1, 0.15) is 5.60 Å². The standard InChI is InChI=1S/C17H23FN2O5/c1-19-15(21)9-17(11-23-2)10-20(6-7-25-17)16(22)12-4-5-14(24-3)13(18)8-12/h4-5,8H,6-7,9-11H2,1-3H3,(H,19,21). The maximum absolute atomic E-state index is 13.9. The number of morpholine rings is 1. The second-order valence-electron chi connectivity index (χ2n) is 5.89. The molecule has 0 aromatic heterocycles. The summed E-state index contributed by atoms with van der Waals surface area (Å²) in [5.41, 5.74) is -0.709. The van der Waals surface area contributed by atoms with E-state index in [9.17, 15) is 14.0 Å². The monoisotopic (exact) mass is 354 g/mol. The summed E-state index contributed by atoms with van der Waals surface area (Å²) in [5, 5.41) is 2.55. The van der Waals surface area contributed by atoms with Crippen LogP contribution < -0.4 is 10.1 Å². The average Bonchev–Trinajstić information content (AvgIpc) is 2.61. The van der Waals surface area contributed by atoms with E-state index < -0.39 is 11.4 Å². The van der Waals surface area contributed by atoms with Gasteiger partial charge in [0.05, 0.1) is 33.3 Å². The van der Waals surface area contributed by atoms with Crippen molar-refractivity contribution in [2.45, 2.75) is 12.0 Å². The van der Waals surface area contributed by atoms with Crippen LogP contribution in [-0.2, 0) is 14.3 Å². The van der Waals surface area contributed by atoms with Gasteiger partial charge in [-0.15, -0.1) is 0 Å². The van der Waals surface area contributed by atoms with Crippen LogP contribution in [0.25, 0.3) is 0 Å². The van der Waals surface area contributed by atoms with Crippen molar-refractivity contribution in [3.05, 3.63) is 29.6 Å². The van der Waals surface area contributed by atoms with Crippen LogP contribution in [0, 0.1) is 5.82 Å². The fraction of sp³-hybridized carbons (Fsp3) is 0.529. The summed E-state index contributed by atoms with van der Waals surface area (Å²) < 4.78 is 29.7. The molecule has 2 rings (SSSR count).